The van der Waals surface area contributed by atoms with E-state index in [1.54, 1.807) is 0 Å². The Bertz CT molecular complexity index is 611. The van der Waals surface area contributed by atoms with Gasteiger partial charge >= 0.3 is 11.9 Å². The molecule has 0 unspecified atom stereocenters. The quantitative estimate of drug-likeness (QED) is 0.236. The van der Waals surface area contributed by atoms with E-state index in [4.69, 9.17) is 55.9 Å². The van der Waals surface area contributed by atoms with Crippen molar-refractivity contribution in [3.63, 3.8) is 0 Å². The van der Waals surface area contributed by atoms with Crippen LogP contribution in [0.25, 0.3) is 0 Å². The number of ether oxygens (including phenoxy) is 2. The van der Waals surface area contributed by atoms with E-state index in [2.05, 4.69) is 0 Å². The maximum absolute atomic E-state index is 11.6. The summed E-state index contributed by atoms with van der Waals surface area (Å²) < 4.78 is 9.81. The van der Waals surface area contributed by atoms with E-state index in [0.29, 0.717) is 0 Å². The molecule has 0 aliphatic rings. The van der Waals surface area contributed by atoms with Crippen LogP contribution in [0.5, 0.6) is 5.75 Å². The van der Waals surface area contributed by atoms with Crippen molar-refractivity contribution < 1.29 is 19.1 Å². The first-order valence-electron chi connectivity index (χ1n) is 6.12. The highest BCUT2D eigenvalue weighted by atomic mass is 35.5. The molecule has 22 heavy (non-hydrogen) atoms. The number of esters is 2. The number of rotatable bonds is 5. The summed E-state index contributed by atoms with van der Waals surface area (Å²) in [6.07, 6.45) is 1.87. The molecular formula is C14H12Cl4O4. The van der Waals surface area contributed by atoms with Crippen molar-refractivity contribution in [1.29, 1.82) is 0 Å². The predicted octanol–water partition coefficient (Wildman–Crippen LogP) is 4.96. The first-order chi connectivity index (χ1) is 10.2. The highest BCUT2D eigenvalue weighted by Crippen LogP contribution is 2.41. The molecule has 1 rings (SSSR count). The smallest absolute Gasteiger partial charge is 0.336 e. The Kier molecular flexibility index (Phi) is 7.49. The monoisotopic (exact) mass is 384 g/mol. The van der Waals surface area contributed by atoms with E-state index in [0.717, 1.165) is 12.2 Å². The van der Waals surface area contributed by atoms with Gasteiger partial charge in [-0.15, -0.1) is 0 Å². The maximum atomic E-state index is 11.6. The molecule has 0 saturated carbocycles. The molecule has 0 saturated heterocycles. The largest absolute Gasteiger partial charge is 0.462 e. The first-order valence-corrected chi connectivity index (χ1v) is 7.63. The molecule has 120 valence electrons. The summed E-state index contributed by atoms with van der Waals surface area (Å²) in [6.45, 7) is 4.04. The van der Waals surface area contributed by atoms with Crippen LogP contribution in [0.15, 0.2) is 18.2 Å². The standard InChI is InChI=1S/C14H12Cl4O4/c1-7(2)6-21-10(19)3-4-11(20)22-9-5-8(15)12(16)14(18)13(9)17/h3-5,7H,6H2,1-2H3/b4-3+. The van der Waals surface area contributed by atoms with Crippen molar-refractivity contribution in [1.82, 2.24) is 0 Å². The molecule has 0 aliphatic heterocycles. The SMILES string of the molecule is CC(C)COC(=O)/C=C/C(=O)Oc1cc(Cl)c(Cl)c(Cl)c1Cl. The minimum atomic E-state index is -0.835. The lowest BCUT2D eigenvalue weighted by Gasteiger charge is -2.08. The van der Waals surface area contributed by atoms with Crippen LogP contribution in [0.3, 0.4) is 0 Å². The highest BCUT2D eigenvalue weighted by molar-refractivity contribution is 6.52. The van der Waals surface area contributed by atoms with E-state index < -0.39 is 11.9 Å². The molecule has 8 heteroatoms. The van der Waals surface area contributed by atoms with Gasteiger partial charge in [0.25, 0.3) is 0 Å². The Hall–Kier alpha value is -0.940. The average Bonchev–Trinajstić information content (AvgIpc) is 2.46. The lowest BCUT2D eigenvalue weighted by atomic mass is 10.2. The third-order valence-corrected chi connectivity index (χ3v) is 3.93. The number of halogens is 4. The van der Waals surface area contributed by atoms with E-state index in [9.17, 15) is 9.59 Å². The first kappa shape index (κ1) is 19.1. The summed E-state index contributed by atoms with van der Waals surface area (Å²) in [5.41, 5.74) is 0. The lowest BCUT2D eigenvalue weighted by Crippen LogP contribution is -2.09. The van der Waals surface area contributed by atoms with Crippen LogP contribution in [0.4, 0.5) is 0 Å². The van der Waals surface area contributed by atoms with E-state index in [1.165, 1.54) is 6.07 Å². The molecule has 1 aromatic rings. The number of carbonyl (C=O) groups excluding carboxylic acids is 2. The minimum Gasteiger partial charge on any atom is -0.462 e. The van der Waals surface area contributed by atoms with Gasteiger partial charge in [-0.05, 0) is 5.92 Å². The molecule has 0 atom stereocenters. The molecule has 0 heterocycles. The molecule has 0 aliphatic carbocycles. The van der Waals surface area contributed by atoms with Gasteiger partial charge in [-0.1, -0.05) is 60.3 Å². The fourth-order valence-electron chi connectivity index (χ4n) is 1.20. The zero-order valence-corrected chi connectivity index (χ0v) is 14.7. The molecule has 0 bridgehead atoms. The number of carbonyl (C=O) groups is 2. The van der Waals surface area contributed by atoms with Crippen molar-refractivity contribution in [2.24, 2.45) is 5.92 Å². The van der Waals surface area contributed by atoms with Gasteiger partial charge in [-0.25, -0.2) is 9.59 Å². The van der Waals surface area contributed by atoms with E-state index in [-0.39, 0.29) is 38.4 Å². The Morgan fingerprint density at radius 2 is 1.64 bits per heavy atom. The van der Waals surface area contributed by atoms with Gasteiger partial charge < -0.3 is 9.47 Å². The lowest BCUT2D eigenvalue weighted by molar-refractivity contribution is -0.139. The van der Waals surface area contributed by atoms with Crippen LogP contribution in [-0.2, 0) is 14.3 Å². The molecule has 0 fully saturated rings. The summed E-state index contributed by atoms with van der Waals surface area (Å²) in [7, 11) is 0. The Morgan fingerprint density at radius 1 is 1.05 bits per heavy atom. The van der Waals surface area contributed by atoms with E-state index in [1.807, 2.05) is 13.8 Å². The number of hydrogen-bond donors (Lipinski definition) is 0. The second kappa shape index (κ2) is 8.63. The van der Waals surface area contributed by atoms with Gasteiger partial charge in [0.1, 0.15) is 5.02 Å². The zero-order chi connectivity index (χ0) is 16.9. The van der Waals surface area contributed by atoms with E-state index >= 15 is 0 Å². The normalized spacial score (nSPS) is 11.0. The predicted molar refractivity (Wildman–Crippen MR) is 87.1 cm³/mol. The molecule has 0 aromatic heterocycles. The molecule has 0 radical (unpaired) electrons. The van der Waals surface area contributed by atoms with Crippen LogP contribution in [0.1, 0.15) is 13.8 Å². The summed E-state index contributed by atoms with van der Waals surface area (Å²) in [4.78, 5) is 22.9. The van der Waals surface area contributed by atoms with Crippen LogP contribution in [0.2, 0.25) is 20.1 Å². The van der Waals surface area contributed by atoms with Crippen molar-refractivity contribution in [2.45, 2.75) is 13.8 Å². The zero-order valence-electron chi connectivity index (χ0n) is 11.7. The van der Waals surface area contributed by atoms with Gasteiger partial charge in [0.05, 0.1) is 21.7 Å². The van der Waals surface area contributed by atoms with Crippen LogP contribution < -0.4 is 4.74 Å². The van der Waals surface area contributed by atoms with Crippen LogP contribution in [-0.4, -0.2) is 18.5 Å². The molecule has 4 nitrogen and oxygen atoms in total. The summed E-state index contributed by atoms with van der Waals surface area (Å²) >= 11 is 23.3. The van der Waals surface area contributed by atoms with Gasteiger partial charge in [-0.3, -0.25) is 0 Å². The highest BCUT2D eigenvalue weighted by Gasteiger charge is 2.16. The van der Waals surface area contributed by atoms with Gasteiger partial charge in [0.2, 0.25) is 0 Å². The number of benzene rings is 1. The van der Waals surface area contributed by atoms with Crippen molar-refractivity contribution in [2.75, 3.05) is 6.61 Å². The average molecular weight is 386 g/mol. The van der Waals surface area contributed by atoms with Crippen molar-refractivity contribution in [3.05, 3.63) is 38.3 Å². The number of hydrogen-bond acceptors (Lipinski definition) is 4. The summed E-state index contributed by atoms with van der Waals surface area (Å²) in [5.74, 6) is -1.35. The maximum Gasteiger partial charge on any atom is 0.336 e. The van der Waals surface area contributed by atoms with Gasteiger partial charge in [-0.2, -0.15) is 0 Å². The third-order valence-electron chi connectivity index (χ3n) is 2.19. The minimum absolute atomic E-state index is 0.0287. The topological polar surface area (TPSA) is 52.6 Å². The van der Waals surface area contributed by atoms with Crippen molar-refractivity contribution in [3.8, 4) is 5.75 Å². The molecule has 0 amide bonds. The molecular weight excluding hydrogens is 374 g/mol. The Labute approximate surface area is 147 Å². The summed E-state index contributed by atoms with van der Waals surface area (Å²) in [5, 5.41) is 0.0549. The van der Waals surface area contributed by atoms with Crippen molar-refractivity contribution >= 4 is 58.3 Å². The second-order valence-electron chi connectivity index (χ2n) is 4.58. The second-order valence-corrected chi connectivity index (χ2v) is 6.12. The molecule has 1 aromatic carbocycles. The summed E-state index contributed by atoms with van der Waals surface area (Å²) in [6, 6.07) is 1.25. The fraction of sp³-hybridized carbons (Fsp3) is 0.286. The Balaban J connectivity index is 2.72. The molecule has 0 N–H and O–H groups in total. The fourth-order valence-corrected chi connectivity index (χ4v) is 2.02. The van der Waals surface area contributed by atoms with Gasteiger partial charge in [0, 0.05) is 18.2 Å². The Morgan fingerprint density at radius 3 is 2.23 bits per heavy atom. The van der Waals surface area contributed by atoms with Gasteiger partial charge in [0.15, 0.2) is 5.75 Å². The van der Waals surface area contributed by atoms with Crippen LogP contribution >= 0.6 is 46.4 Å². The van der Waals surface area contributed by atoms with Crippen LogP contribution in [0, 0.1) is 5.92 Å². The molecule has 0 spiro atoms. The third kappa shape index (κ3) is 5.69.